The van der Waals surface area contributed by atoms with Gasteiger partial charge in [-0.05, 0) is 50.2 Å². The van der Waals surface area contributed by atoms with E-state index in [0.717, 1.165) is 44.2 Å². The second kappa shape index (κ2) is 10.2. The number of hydrogen-bond donors (Lipinski definition) is 3. The van der Waals surface area contributed by atoms with Gasteiger partial charge in [-0.25, -0.2) is 0 Å². The minimum Gasteiger partial charge on any atom is -0.502 e. The minimum atomic E-state index is -0.541. The monoisotopic (exact) mass is 419 g/mol. The van der Waals surface area contributed by atoms with Gasteiger partial charge >= 0.3 is 0 Å². The fraction of sp³-hybridized carbons (Fsp3) is 0.750. The van der Waals surface area contributed by atoms with Gasteiger partial charge < -0.3 is 15.3 Å². The summed E-state index contributed by atoms with van der Waals surface area (Å²) >= 11 is 4.76. The second-order valence-electron chi connectivity index (χ2n) is 9.31. The molecule has 0 aromatic heterocycles. The number of aliphatic imine (C=N–C) groups is 1. The molecule has 4 nitrogen and oxygen atoms in total. The number of unbranched alkanes of at least 4 members (excludes halogenated alkanes) is 1. The van der Waals surface area contributed by atoms with Crippen molar-refractivity contribution in [1.82, 2.24) is 0 Å². The van der Waals surface area contributed by atoms with Crippen LogP contribution in [0.3, 0.4) is 0 Å². The van der Waals surface area contributed by atoms with Crippen molar-refractivity contribution in [2.45, 2.75) is 96.8 Å². The molecular weight excluding hydrogens is 382 g/mol. The summed E-state index contributed by atoms with van der Waals surface area (Å²) in [5.41, 5.74) is 0.389. The molecule has 1 saturated carbocycles. The molecular formula is C24H37NO3S. The Bertz CT molecular complexity index is 703. The van der Waals surface area contributed by atoms with E-state index in [1.165, 1.54) is 0 Å². The predicted octanol–water partition coefficient (Wildman–Crippen LogP) is 4.78. The molecule has 0 bridgehead atoms. The summed E-state index contributed by atoms with van der Waals surface area (Å²) in [6.45, 7) is 8.17. The van der Waals surface area contributed by atoms with Gasteiger partial charge in [0, 0.05) is 30.4 Å². The molecule has 1 fully saturated rings. The molecule has 2 aliphatic rings. The van der Waals surface area contributed by atoms with Crippen LogP contribution >= 0.6 is 12.2 Å². The van der Waals surface area contributed by atoms with Crippen LogP contribution in [0, 0.1) is 29.1 Å². The third-order valence-corrected chi connectivity index (χ3v) is 6.75. The van der Waals surface area contributed by atoms with Crippen molar-refractivity contribution < 1.29 is 15.3 Å². The zero-order valence-corrected chi connectivity index (χ0v) is 19.1. The topological polar surface area (TPSA) is 73.0 Å². The van der Waals surface area contributed by atoms with Gasteiger partial charge in [0.25, 0.3) is 0 Å². The molecule has 29 heavy (non-hydrogen) atoms. The fourth-order valence-corrected chi connectivity index (χ4v) is 4.88. The van der Waals surface area contributed by atoms with Crippen molar-refractivity contribution in [2.75, 3.05) is 0 Å². The highest BCUT2D eigenvalue weighted by molar-refractivity contribution is 7.80. The summed E-state index contributed by atoms with van der Waals surface area (Å²) in [6, 6.07) is 0. The largest absolute Gasteiger partial charge is 0.502 e. The average molecular weight is 420 g/mol. The van der Waals surface area contributed by atoms with E-state index in [9.17, 15) is 15.3 Å². The molecule has 0 radical (unpaired) electrons. The molecule has 0 amide bonds. The zero-order chi connectivity index (χ0) is 21.7. The van der Waals surface area contributed by atoms with Crippen LogP contribution in [0.15, 0.2) is 17.1 Å². The Labute approximate surface area is 181 Å². The van der Waals surface area contributed by atoms with E-state index in [2.05, 4.69) is 32.6 Å². The van der Waals surface area contributed by atoms with Gasteiger partial charge in [0.05, 0.1) is 12.2 Å². The summed E-state index contributed by atoms with van der Waals surface area (Å²) in [6.07, 6.45) is 9.44. The number of thiocarbonyl (C=S) groups is 1. The molecule has 0 aromatic rings. The molecule has 1 aliphatic carbocycles. The van der Waals surface area contributed by atoms with E-state index in [-0.39, 0.29) is 22.3 Å². The highest BCUT2D eigenvalue weighted by atomic mass is 32.1. The Hall–Kier alpha value is -1.22. The standard InChI is InChI=1S/C24H37NO3S/c1-5-7-14-23(3,4)21(27)12-11-18-19-15-17(9-8-10-22(28)29)25-24(19,13-6-2)16-20(18)26/h11-12,18-21,26-27H,5,7-10,14-16H2,1-4H3,(H,28,29). The maximum Gasteiger partial charge on any atom is 0.156 e. The number of rotatable bonds is 10. The average Bonchev–Trinajstić information content (AvgIpc) is 3.09. The van der Waals surface area contributed by atoms with Gasteiger partial charge in [-0.2, -0.15) is 0 Å². The van der Waals surface area contributed by atoms with Crippen molar-refractivity contribution in [3.63, 3.8) is 0 Å². The Morgan fingerprint density at radius 3 is 2.76 bits per heavy atom. The number of aliphatic hydroxyl groups is 3. The van der Waals surface area contributed by atoms with E-state index in [4.69, 9.17) is 17.2 Å². The Kier molecular flexibility index (Phi) is 8.46. The fourth-order valence-electron chi connectivity index (χ4n) is 4.73. The highest BCUT2D eigenvalue weighted by Gasteiger charge is 2.54. The van der Waals surface area contributed by atoms with E-state index >= 15 is 0 Å². The number of fused-ring (bicyclic) bond motifs is 1. The van der Waals surface area contributed by atoms with E-state index in [1.54, 1.807) is 0 Å². The number of aliphatic hydroxyl groups excluding tert-OH is 3. The molecule has 0 saturated heterocycles. The van der Waals surface area contributed by atoms with Crippen LogP contribution in [0.2, 0.25) is 0 Å². The molecule has 1 heterocycles. The molecule has 0 aromatic carbocycles. The Morgan fingerprint density at radius 1 is 1.41 bits per heavy atom. The Morgan fingerprint density at radius 2 is 2.14 bits per heavy atom. The van der Waals surface area contributed by atoms with Crippen LogP contribution in [-0.4, -0.2) is 43.8 Å². The zero-order valence-electron chi connectivity index (χ0n) is 18.3. The molecule has 3 N–H and O–H groups in total. The van der Waals surface area contributed by atoms with Gasteiger partial charge in [-0.15, -0.1) is 5.92 Å². The first-order valence-corrected chi connectivity index (χ1v) is 11.3. The number of hydrogen-bond acceptors (Lipinski definition) is 4. The van der Waals surface area contributed by atoms with E-state index in [1.807, 2.05) is 19.1 Å². The highest BCUT2D eigenvalue weighted by Crippen LogP contribution is 2.50. The first-order valence-electron chi connectivity index (χ1n) is 10.9. The van der Waals surface area contributed by atoms with Gasteiger partial charge in [0.15, 0.2) is 5.05 Å². The van der Waals surface area contributed by atoms with Crippen LogP contribution in [0.5, 0.6) is 0 Å². The second-order valence-corrected chi connectivity index (χ2v) is 9.78. The predicted molar refractivity (Wildman–Crippen MR) is 123 cm³/mol. The van der Waals surface area contributed by atoms with Crippen molar-refractivity contribution in [1.29, 1.82) is 0 Å². The summed E-state index contributed by atoms with van der Waals surface area (Å²) in [5.74, 6) is 6.37. The van der Waals surface area contributed by atoms with Gasteiger partial charge in [0.2, 0.25) is 0 Å². The van der Waals surface area contributed by atoms with Crippen molar-refractivity contribution in [2.24, 2.45) is 22.2 Å². The lowest BCUT2D eigenvalue weighted by Crippen LogP contribution is -2.29. The maximum absolute atomic E-state index is 10.8. The molecule has 5 unspecified atom stereocenters. The van der Waals surface area contributed by atoms with Crippen LogP contribution in [0.25, 0.3) is 0 Å². The molecule has 5 atom stereocenters. The SMILES string of the molecule is CC#CC12CC(O)C(C=CC(O)C(C)(C)CCCC)C1CC(CCCC(O)=S)=N2. The lowest BCUT2D eigenvalue weighted by Gasteiger charge is -2.29. The Balaban J connectivity index is 2.13. The van der Waals surface area contributed by atoms with Crippen LogP contribution in [-0.2, 0) is 0 Å². The molecule has 1 aliphatic heterocycles. The minimum absolute atomic E-state index is 0.0442. The smallest absolute Gasteiger partial charge is 0.156 e. The third kappa shape index (κ3) is 5.90. The molecule has 0 spiro atoms. The first-order chi connectivity index (χ1) is 13.6. The van der Waals surface area contributed by atoms with Gasteiger partial charge in [-0.3, -0.25) is 4.99 Å². The van der Waals surface area contributed by atoms with Crippen molar-refractivity contribution >= 4 is 23.0 Å². The van der Waals surface area contributed by atoms with Gasteiger partial charge in [0.1, 0.15) is 5.54 Å². The first kappa shape index (κ1) is 24.1. The van der Waals surface area contributed by atoms with E-state index < -0.39 is 17.7 Å². The lowest BCUT2D eigenvalue weighted by molar-refractivity contribution is 0.0798. The summed E-state index contributed by atoms with van der Waals surface area (Å²) in [5, 5.41) is 30.8. The molecule has 162 valence electrons. The third-order valence-electron chi connectivity index (χ3n) is 6.54. The lowest BCUT2D eigenvalue weighted by atomic mass is 9.79. The van der Waals surface area contributed by atoms with Crippen LogP contribution < -0.4 is 0 Å². The molecule has 5 heteroatoms. The van der Waals surface area contributed by atoms with Gasteiger partial charge in [-0.1, -0.05) is 51.7 Å². The summed E-state index contributed by atoms with van der Waals surface area (Å²) in [7, 11) is 0. The molecule has 2 rings (SSSR count). The quantitative estimate of drug-likeness (QED) is 0.271. The summed E-state index contributed by atoms with van der Waals surface area (Å²) in [4.78, 5) is 4.95. The van der Waals surface area contributed by atoms with Crippen LogP contribution in [0.1, 0.15) is 79.1 Å². The number of nitrogens with zero attached hydrogens (tertiary/aromatic N) is 1. The van der Waals surface area contributed by atoms with Crippen LogP contribution in [0.4, 0.5) is 0 Å². The van der Waals surface area contributed by atoms with Crippen molar-refractivity contribution in [3.05, 3.63) is 12.2 Å². The normalized spacial score (nSPS) is 30.0. The summed E-state index contributed by atoms with van der Waals surface area (Å²) < 4.78 is 0. The van der Waals surface area contributed by atoms with Crippen molar-refractivity contribution in [3.8, 4) is 11.8 Å². The van der Waals surface area contributed by atoms with E-state index in [0.29, 0.717) is 12.8 Å². The maximum atomic E-state index is 10.8.